The average molecular weight is 186 g/mol. The Morgan fingerprint density at radius 3 is 3.00 bits per heavy atom. The summed E-state index contributed by atoms with van der Waals surface area (Å²) in [5.74, 6) is 0. The monoisotopic (exact) mass is 186 g/mol. The molecule has 0 spiro atoms. The van der Waals surface area contributed by atoms with E-state index in [1.54, 1.807) is 6.08 Å². The first-order valence-corrected chi connectivity index (χ1v) is 4.58. The van der Waals surface area contributed by atoms with Gasteiger partial charge in [0.25, 0.3) is 0 Å². The highest BCUT2D eigenvalue weighted by molar-refractivity contribution is 5.28. The van der Waals surface area contributed by atoms with Crippen LogP contribution in [-0.4, -0.2) is 6.54 Å². The normalized spacial score (nSPS) is 11.7. The van der Waals surface area contributed by atoms with Gasteiger partial charge < -0.3 is 0 Å². The summed E-state index contributed by atoms with van der Waals surface area (Å²) < 4.78 is 0. The van der Waals surface area contributed by atoms with Crippen molar-refractivity contribution in [3.8, 4) is 6.07 Å². The van der Waals surface area contributed by atoms with Gasteiger partial charge in [0.05, 0.1) is 6.07 Å². The van der Waals surface area contributed by atoms with Crippen molar-refractivity contribution in [2.75, 3.05) is 6.54 Å². The molecule has 0 radical (unpaired) electrons. The smallest absolute Gasteiger partial charge is 0.121 e. The summed E-state index contributed by atoms with van der Waals surface area (Å²) in [4.78, 5) is 0. The van der Waals surface area contributed by atoms with Gasteiger partial charge in [-0.2, -0.15) is 5.26 Å². The van der Waals surface area contributed by atoms with Crippen molar-refractivity contribution in [3.63, 3.8) is 0 Å². The summed E-state index contributed by atoms with van der Waals surface area (Å²) in [7, 11) is 0. The van der Waals surface area contributed by atoms with Gasteiger partial charge in [0.2, 0.25) is 0 Å². The van der Waals surface area contributed by atoms with Crippen molar-refractivity contribution < 1.29 is 0 Å². The molecule has 1 aromatic rings. The topological polar surface area (TPSA) is 35.8 Å². The van der Waals surface area contributed by atoms with Crippen LogP contribution in [0.1, 0.15) is 17.2 Å². The van der Waals surface area contributed by atoms with Gasteiger partial charge in [0, 0.05) is 6.54 Å². The molecule has 0 aliphatic carbocycles. The molecule has 14 heavy (non-hydrogen) atoms. The Kier molecular flexibility index (Phi) is 3.90. The Morgan fingerprint density at radius 1 is 1.64 bits per heavy atom. The molecule has 0 aliphatic rings. The van der Waals surface area contributed by atoms with E-state index in [0.717, 1.165) is 5.56 Å². The van der Waals surface area contributed by atoms with Crippen LogP contribution in [0.5, 0.6) is 0 Å². The third-order valence-electron chi connectivity index (χ3n) is 1.97. The largest absolute Gasteiger partial charge is 0.295 e. The summed E-state index contributed by atoms with van der Waals surface area (Å²) in [6.45, 7) is 6.27. The fraction of sp³-hybridized carbons (Fsp3) is 0.250. The molecule has 0 unspecified atom stereocenters. The van der Waals surface area contributed by atoms with Crippen molar-refractivity contribution >= 4 is 0 Å². The molecule has 1 rings (SSSR count). The standard InChI is InChI=1S/C12H14N2/c1-3-7-14-12(9-13)11-6-4-5-10(2)8-11/h3-6,8,12,14H,1,7H2,2H3/t12-/m1/s1. The van der Waals surface area contributed by atoms with Gasteiger partial charge >= 0.3 is 0 Å². The van der Waals surface area contributed by atoms with Crippen LogP contribution in [0.15, 0.2) is 36.9 Å². The maximum absolute atomic E-state index is 8.95. The predicted molar refractivity (Wildman–Crippen MR) is 57.7 cm³/mol. The third kappa shape index (κ3) is 2.72. The van der Waals surface area contributed by atoms with Crippen LogP contribution in [0.3, 0.4) is 0 Å². The lowest BCUT2D eigenvalue weighted by molar-refractivity contribution is 0.683. The highest BCUT2D eigenvalue weighted by Crippen LogP contribution is 2.13. The van der Waals surface area contributed by atoms with Gasteiger partial charge in [-0.25, -0.2) is 0 Å². The summed E-state index contributed by atoms with van der Waals surface area (Å²) in [6, 6.07) is 9.93. The van der Waals surface area contributed by atoms with E-state index in [-0.39, 0.29) is 6.04 Å². The van der Waals surface area contributed by atoms with Gasteiger partial charge in [-0.05, 0) is 12.5 Å². The van der Waals surface area contributed by atoms with E-state index in [9.17, 15) is 0 Å². The minimum Gasteiger partial charge on any atom is -0.295 e. The molecule has 72 valence electrons. The van der Waals surface area contributed by atoms with Crippen LogP contribution in [0, 0.1) is 18.3 Å². The number of nitrogens with one attached hydrogen (secondary N) is 1. The number of rotatable bonds is 4. The number of aryl methyl sites for hydroxylation is 1. The quantitative estimate of drug-likeness (QED) is 0.732. The van der Waals surface area contributed by atoms with Crippen molar-refractivity contribution in [2.24, 2.45) is 0 Å². The lowest BCUT2D eigenvalue weighted by Crippen LogP contribution is -2.19. The minimum atomic E-state index is -0.243. The molecule has 0 aliphatic heterocycles. The second-order valence-corrected chi connectivity index (χ2v) is 3.17. The molecule has 0 bridgehead atoms. The molecule has 1 aromatic carbocycles. The van der Waals surface area contributed by atoms with E-state index < -0.39 is 0 Å². The van der Waals surface area contributed by atoms with E-state index in [0.29, 0.717) is 6.54 Å². The van der Waals surface area contributed by atoms with Crippen LogP contribution >= 0.6 is 0 Å². The van der Waals surface area contributed by atoms with E-state index >= 15 is 0 Å². The van der Waals surface area contributed by atoms with E-state index in [2.05, 4.69) is 18.0 Å². The Hall–Kier alpha value is -1.59. The Bertz CT molecular complexity index is 350. The molecule has 2 heteroatoms. The van der Waals surface area contributed by atoms with Crippen molar-refractivity contribution in [1.82, 2.24) is 5.32 Å². The highest BCUT2D eigenvalue weighted by Gasteiger charge is 2.07. The zero-order valence-electron chi connectivity index (χ0n) is 8.33. The molecule has 1 atom stereocenters. The molecule has 0 saturated carbocycles. The molecule has 0 saturated heterocycles. The van der Waals surface area contributed by atoms with Crippen LogP contribution in [0.4, 0.5) is 0 Å². The van der Waals surface area contributed by atoms with Crippen molar-refractivity contribution in [3.05, 3.63) is 48.0 Å². The maximum atomic E-state index is 8.95. The molecule has 0 amide bonds. The molecule has 0 aromatic heterocycles. The first kappa shape index (κ1) is 10.5. The minimum absolute atomic E-state index is 0.243. The zero-order valence-corrected chi connectivity index (χ0v) is 8.33. The Balaban J connectivity index is 2.79. The SMILES string of the molecule is C=CCN[C@H](C#N)c1cccc(C)c1. The molecule has 0 fully saturated rings. The lowest BCUT2D eigenvalue weighted by atomic mass is 10.1. The molecular formula is C12H14N2. The van der Waals surface area contributed by atoms with Crippen molar-refractivity contribution in [2.45, 2.75) is 13.0 Å². The second kappa shape index (κ2) is 5.21. The number of nitriles is 1. The van der Waals surface area contributed by atoms with E-state index in [1.165, 1.54) is 5.56 Å². The highest BCUT2D eigenvalue weighted by atomic mass is 14.9. The summed E-state index contributed by atoms with van der Waals surface area (Å²) in [5.41, 5.74) is 2.18. The van der Waals surface area contributed by atoms with Crippen LogP contribution in [-0.2, 0) is 0 Å². The fourth-order valence-electron chi connectivity index (χ4n) is 1.29. The molecule has 0 heterocycles. The Morgan fingerprint density at radius 2 is 2.43 bits per heavy atom. The molecule has 1 N–H and O–H groups in total. The maximum Gasteiger partial charge on any atom is 0.121 e. The van der Waals surface area contributed by atoms with E-state index in [1.807, 2.05) is 31.2 Å². The summed E-state index contributed by atoms with van der Waals surface area (Å²) in [5, 5.41) is 12.0. The molecular weight excluding hydrogens is 172 g/mol. The number of nitrogens with zero attached hydrogens (tertiary/aromatic N) is 1. The summed E-state index contributed by atoms with van der Waals surface area (Å²) in [6.07, 6.45) is 1.75. The van der Waals surface area contributed by atoms with E-state index in [4.69, 9.17) is 5.26 Å². The zero-order chi connectivity index (χ0) is 10.4. The molecule has 2 nitrogen and oxygen atoms in total. The fourth-order valence-corrected chi connectivity index (χ4v) is 1.29. The first-order chi connectivity index (χ1) is 6.77. The number of benzene rings is 1. The Labute approximate surface area is 84.9 Å². The third-order valence-corrected chi connectivity index (χ3v) is 1.97. The van der Waals surface area contributed by atoms with Crippen LogP contribution < -0.4 is 5.32 Å². The van der Waals surface area contributed by atoms with Gasteiger partial charge in [-0.3, -0.25) is 5.32 Å². The lowest BCUT2D eigenvalue weighted by Gasteiger charge is -2.10. The van der Waals surface area contributed by atoms with Gasteiger partial charge in [-0.1, -0.05) is 35.9 Å². The second-order valence-electron chi connectivity index (χ2n) is 3.17. The van der Waals surface area contributed by atoms with Crippen LogP contribution in [0.2, 0.25) is 0 Å². The van der Waals surface area contributed by atoms with Crippen molar-refractivity contribution in [1.29, 1.82) is 5.26 Å². The van der Waals surface area contributed by atoms with Gasteiger partial charge in [-0.15, -0.1) is 6.58 Å². The van der Waals surface area contributed by atoms with Gasteiger partial charge in [0.1, 0.15) is 6.04 Å². The van der Waals surface area contributed by atoms with Gasteiger partial charge in [0.15, 0.2) is 0 Å². The number of hydrogen-bond acceptors (Lipinski definition) is 2. The number of hydrogen-bond donors (Lipinski definition) is 1. The summed E-state index contributed by atoms with van der Waals surface area (Å²) >= 11 is 0. The predicted octanol–water partition coefficient (Wildman–Crippen LogP) is 2.34. The first-order valence-electron chi connectivity index (χ1n) is 4.58. The average Bonchev–Trinajstić information content (AvgIpc) is 2.19. The van der Waals surface area contributed by atoms with Crippen LogP contribution in [0.25, 0.3) is 0 Å².